The van der Waals surface area contributed by atoms with Gasteiger partial charge in [0, 0.05) is 30.5 Å². The lowest BCUT2D eigenvalue weighted by Gasteiger charge is -2.35. The second-order valence-corrected chi connectivity index (χ2v) is 8.72. The molecule has 162 valence electrons. The van der Waals surface area contributed by atoms with Crippen LogP contribution in [0.15, 0.2) is 29.6 Å². The van der Waals surface area contributed by atoms with Crippen molar-refractivity contribution in [3.8, 4) is 0 Å². The van der Waals surface area contributed by atoms with Crippen LogP contribution in [-0.4, -0.2) is 35.2 Å². The van der Waals surface area contributed by atoms with Gasteiger partial charge in [-0.2, -0.15) is 0 Å². The van der Waals surface area contributed by atoms with Gasteiger partial charge in [-0.3, -0.25) is 29.4 Å². The second-order valence-electron chi connectivity index (χ2n) is 7.89. The van der Waals surface area contributed by atoms with E-state index in [1.54, 1.807) is 22.4 Å². The van der Waals surface area contributed by atoms with E-state index in [-0.39, 0.29) is 30.0 Å². The highest BCUT2D eigenvalue weighted by atomic mass is 32.1. The summed E-state index contributed by atoms with van der Waals surface area (Å²) >= 11 is 1.37. The van der Waals surface area contributed by atoms with Crippen LogP contribution in [0, 0.1) is 0 Å². The molecular formula is C22H24N4O4S. The fourth-order valence-corrected chi connectivity index (χ4v) is 5.03. The van der Waals surface area contributed by atoms with Crippen LogP contribution in [-0.2, 0) is 31.0 Å². The molecular weight excluding hydrogens is 416 g/mol. The number of benzene rings is 1. The molecule has 4 rings (SSSR count). The molecule has 2 fully saturated rings. The number of nitrogens with zero attached hydrogens (tertiary/aromatic N) is 2. The molecule has 8 nitrogen and oxygen atoms in total. The Kier molecular flexibility index (Phi) is 5.86. The Balaban J connectivity index is 1.39. The van der Waals surface area contributed by atoms with E-state index < -0.39 is 5.41 Å². The van der Waals surface area contributed by atoms with Crippen LogP contribution in [0.2, 0.25) is 0 Å². The van der Waals surface area contributed by atoms with Crippen LogP contribution in [0.3, 0.4) is 0 Å². The summed E-state index contributed by atoms with van der Waals surface area (Å²) in [5.41, 5.74) is 1.36. The van der Waals surface area contributed by atoms with Crippen molar-refractivity contribution in [3.05, 3.63) is 40.9 Å². The zero-order valence-electron chi connectivity index (χ0n) is 17.3. The quantitative estimate of drug-likeness (QED) is 0.671. The highest BCUT2D eigenvalue weighted by Gasteiger charge is 2.42. The van der Waals surface area contributed by atoms with Crippen molar-refractivity contribution in [1.29, 1.82) is 0 Å². The molecule has 0 saturated carbocycles. The van der Waals surface area contributed by atoms with Crippen LogP contribution < -0.4 is 15.5 Å². The molecule has 9 heteroatoms. The number of carbonyl (C=O) groups excluding carboxylic acids is 4. The van der Waals surface area contributed by atoms with Crippen molar-refractivity contribution < 1.29 is 19.2 Å². The number of thiazole rings is 1. The summed E-state index contributed by atoms with van der Waals surface area (Å²) in [6.07, 6.45) is 2.87. The topological polar surface area (TPSA) is 108 Å². The highest BCUT2D eigenvalue weighted by molar-refractivity contribution is 7.14. The SMILES string of the molecule is CCC1(c2ccc(NC(=O)Cc3csc(N4CCCC4=O)n3)cc2)CCC(=O)NC1=O. The monoisotopic (exact) mass is 440 g/mol. The minimum atomic E-state index is -0.722. The van der Waals surface area contributed by atoms with E-state index in [0.717, 1.165) is 12.0 Å². The third-order valence-corrected chi connectivity index (χ3v) is 6.89. The average molecular weight is 441 g/mol. The standard InChI is InChI=1S/C22H24N4O4S/c1-2-22(10-9-17(27)25-20(22)30)14-5-7-15(8-6-14)23-18(28)12-16-13-31-21(24-16)26-11-3-4-19(26)29/h5-8,13H,2-4,9-12H2,1H3,(H,23,28)(H,25,27,30). The molecule has 2 aliphatic rings. The molecule has 0 bridgehead atoms. The van der Waals surface area contributed by atoms with Crippen molar-refractivity contribution in [3.63, 3.8) is 0 Å². The smallest absolute Gasteiger partial charge is 0.237 e. The molecule has 3 heterocycles. The Morgan fingerprint density at radius 3 is 2.65 bits per heavy atom. The van der Waals surface area contributed by atoms with E-state index in [2.05, 4.69) is 15.6 Å². The molecule has 2 aliphatic heterocycles. The van der Waals surface area contributed by atoms with Gasteiger partial charge in [0.15, 0.2) is 5.13 Å². The summed E-state index contributed by atoms with van der Waals surface area (Å²) < 4.78 is 0. The first-order valence-electron chi connectivity index (χ1n) is 10.4. The fraction of sp³-hybridized carbons (Fsp3) is 0.409. The van der Waals surface area contributed by atoms with E-state index >= 15 is 0 Å². The number of imide groups is 1. The summed E-state index contributed by atoms with van der Waals surface area (Å²) in [7, 11) is 0. The number of hydrogen-bond acceptors (Lipinski definition) is 6. The van der Waals surface area contributed by atoms with Gasteiger partial charge in [0.05, 0.1) is 17.5 Å². The number of amides is 4. The molecule has 31 heavy (non-hydrogen) atoms. The minimum absolute atomic E-state index is 0.0753. The third kappa shape index (κ3) is 4.23. The van der Waals surface area contributed by atoms with Crippen molar-refractivity contribution in [2.75, 3.05) is 16.8 Å². The Bertz CT molecular complexity index is 1030. The first-order chi connectivity index (χ1) is 14.9. The maximum absolute atomic E-state index is 12.5. The molecule has 2 N–H and O–H groups in total. The van der Waals surface area contributed by atoms with Crippen LogP contribution >= 0.6 is 11.3 Å². The van der Waals surface area contributed by atoms with Crippen LogP contribution in [0.25, 0.3) is 0 Å². The number of piperidine rings is 1. The van der Waals surface area contributed by atoms with Crippen LogP contribution in [0.5, 0.6) is 0 Å². The summed E-state index contributed by atoms with van der Waals surface area (Å²) in [5.74, 6) is -0.633. The van der Waals surface area contributed by atoms with E-state index in [1.807, 2.05) is 19.1 Å². The number of rotatable bonds is 6. The van der Waals surface area contributed by atoms with Crippen molar-refractivity contribution in [1.82, 2.24) is 10.3 Å². The van der Waals surface area contributed by atoms with Gasteiger partial charge >= 0.3 is 0 Å². The van der Waals surface area contributed by atoms with Gasteiger partial charge < -0.3 is 5.32 Å². The average Bonchev–Trinajstić information content (AvgIpc) is 3.38. The van der Waals surface area contributed by atoms with Gasteiger partial charge in [-0.15, -0.1) is 11.3 Å². The molecule has 0 radical (unpaired) electrons. The van der Waals surface area contributed by atoms with Gasteiger partial charge in [-0.25, -0.2) is 4.98 Å². The van der Waals surface area contributed by atoms with Crippen molar-refractivity contribution in [2.45, 2.75) is 50.9 Å². The number of hydrogen-bond donors (Lipinski definition) is 2. The largest absolute Gasteiger partial charge is 0.326 e. The van der Waals surface area contributed by atoms with Crippen LogP contribution in [0.4, 0.5) is 10.8 Å². The van der Waals surface area contributed by atoms with Crippen molar-refractivity contribution >= 4 is 45.8 Å². The zero-order valence-corrected chi connectivity index (χ0v) is 18.1. The Hall–Kier alpha value is -3.07. The molecule has 1 atom stereocenters. The molecule has 1 aromatic heterocycles. The van der Waals surface area contributed by atoms with Gasteiger partial charge in [-0.05, 0) is 37.0 Å². The maximum Gasteiger partial charge on any atom is 0.237 e. The number of carbonyl (C=O) groups is 4. The van der Waals surface area contributed by atoms with Gasteiger partial charge in [0.2, 0.25) is 23.6 Å². The van der Waals surface area contributed by atoms with Gasteiger partial charge in [-0.1, -0.05) is 19.1 Å². The summed E-state index contributed by atoms with van der Waals surface area (Å²) in [4.78, 5) is 54.4. The van der Waals surface area contributed by atoms with Crippen LogP contribution in [0.1, 0.15) is 50.3 Å². The number of anilines is 2. The molecule has 0 spiro atoms. The highest BCUT2D eigenvalue weighted by Crippen LogP contribution is 2.36. The van der Waals surface area contributed by atoms with E-state index in [1.165, 1.54) is 11.3 Å². The van der Waals surface area contributed by atoms with Gasteiger partial charge in [0.25, 0.3) is 0 Å². The van der Waals surface area contributed by atoms with E-state index in [0.29, 0.717) is 48.7 Å². The molecule has 1 aromatic carbocycles. The van der Waals surface area contributed by atoms with E-state index in [4.69, 9.17) is 0 Å². The lowest BCUT2D eigenvalue weighted by Crippen LogP contribution is -2.51. The normalized spacial score (nSPS) is 21.3. The second kappa shape index (κ2) is 8.58. The molecule has 1 unspecified atom stereocenters. The maximum atomic E-state index is 12.5. The minimum Gasteiger partial charge on any atom is -0.326 e. The summed E-state index contributed by atoms with van der Waals surface area (Å²) in [6, 6.07) is 7.19. The Morgan fingerprint density at radius 2 is 2.00 bits per heavy atom. The summed E-state index contributed by atoms with van der Waals surface area (Å²) in [5, 5.41) is 7.73. The van der Waals surface area contributed by atoms with Crippen molar-refractivity contribution in [2.24, 2.45) is 0 Å². The Labute approximate surface area is 184 Å². The molecule has 2 saturated heterocycles. The number of aromatic nitrogens is 1. The number of nitrogens with one attached hydrogen (secondary N) is 2. The molecule has 4 amide bonds. The lowest BCUT2D eigenvalue weighted by molar-refractivity contribution is -0.138. The molecule has 0 aliphatic carbocycles. The first kappa shape index (κ1) is 21.2. The fourth-order valence-electron chi connectivity index (χ4n) is 4.16. The lowest BCUT2D eigenvalue weighted by atomic mass is 9.72. The first-order valence-corrected chi connectivity index (χ1v) is 11.3. The predicted molar refractivity (Wildman–Crippen MR) is 117 cm³/mol. The predicted octanol–water partition coefficient (Wildman–Crippen LogP) is 2.54. The van der Waals surface area contributed by atoms with Gasteiger partial charge in [0.1, 0.15) is 0 Å². The zero-order chi connectivity index (χ0) is 22.0. The van der Waals surface area contributed by atoms with E-state index in [9.17, 15) is 19.2 Å². The Morgan fingerprint density at radius 1 is 1.23 bits per heavy atom. The summed E-state index contributed by atoms with van der Waals surface area (Å²) in [6.45, 7) is 2.61. The molecule has 2 aromatic rings. The third-order valence-electron chi connectivity index (χ3n) is 5.98.